The van der Waals surface area contributed by atoms with Gasteiger partial charge in [-0.05, 0) is 37.1 Å². The van der Waals surface area contributed by atoms with E-state index in [1.165, 1.54) is 24.3 Å². The molecule has 1 aromatic carbocycles. The highest BCUT2D eigenvalue weighted by atomic mass is 19.1. The van der Waals surface area contributed by atoms with Crippen molar-refractivity contribution in [2.45, 2.75) is 26.7 Å². The minimum Gasteiger partial charge on any atom is -0.273 e. The molecule has 0 saturated heterocycles. The second-order valence-corrected chi connectivity index (χ2v) is 3.96. The van der Waals surface area contributed by atoms with Crippen molar-refractivity contribution in [2.75, 3.05) is 0 Å². The van der Waals surface area contributed by atoms with Crippen LogP contribution in [0.3, 0.4) is 0 Å². The molecule has 0 aliphatic carbocycles. The van der Waals surface area contributed by atoms with Gasteiger partial charge in [-0.15, -0.1) is 0 Å². The number of hydrogen-bond donors (Lipinski definition) is 2. The molecule has 1 aromatic rings. The maximum absolute atomic E-state index is 12.7. The first-order valence-corrected chi connectivity index (χ1v) is 5.94. The van der Waals surface area contributed by atoms with Crippen LogP contribution in [0.1, 0.15) is 37.0 Å². The van der Waals surface area contributed by atoms with E-state index in [4.69, 9.17) is 0 Å². The van der Waals surface area contributed by atoms with Crippen molar-refractivity contribution in [1.29, 1.82) is 0 Å². The van der Waals surface area contributed by atoms with Crippen LogP contribution in [0.5, 0.6) is 0 Å². The van der Waals surface area contributed by atoms with Crippen LogP contribution in [-0.2, 0) is 4.79 Å². The summed E-state index contributed by atoms with van der Waals surface area (Å²) in [4.78, 5) is 23.2. The molecule has 0 aliphatic heterocycles. The van der Waals surface area contributed by atoms with Crippen LogP contribution in [0.15, 0.2) is 24.3 Å². The van der Waals surface area contributed by atoms with Crippen molar-refractivity contribution < 1.29 is 14.0 Å². The molecule has 0 heterocycles. The predicted molar refractivity (Wildman–Crippen MR) is 66.1 cm³/mol. The summed E-state index contributed by atoms with van der Waals surface area (Å²) in [7, 11) is 0. The fourth-order valence-corrected chi connectivity index (χ4v) is 1.55. The molecule has 0 saturated carbocycles. The molecule has 0 atom stereocenters. The average Bonchev–Trinajstić information content (AvgIpc) is 2.38. The highest BCUT2D eigenvalue weighted by Crippen LogP contribution is 2.06. The molecule has 2 amide bonds. The van der Waals surface area contributed by atoms with Crippen LogP contribution in [-0.4, -0.2) is 11.8 Å². The summed E-state index contributed by atoms with van der Waals surface area (Å²) in [6.07, 6.45) is 1.43. The summed E-state index contributed by atoms with van der Waals surface area (Å²) in [6.45, 7) is 3.82. The predicted octanol–water partition coefficient (Wildman–Crippen LogP) is 2.02. The molecule has 0 unspecified atom stereocenters. The first kappa shape index (κ1) is 14.2. The van der Waals surface area contributed by atoms with Gasteiger partial charge in [0.1, 0.15) is 5.82 Å². The Labute approximate surface area is 106 Å². The lowest BCUT2D eigenvalue weighted by atomic mass is 10.0. The molecule has 18 heavy (non-hydrogen) atoms. The van der Waals surface area contributed by atoms with Crippen molar-refractivity contribution in [2.24, 2.45) is 5.92 Å². The van der Waals surface area contributed by atoms with E-state index in [9.17, 15) is 14.0 Å². The zero-order valence-corrected chi connectivity index (χ0v) is 10.5. The van der Waals surface area contributed by atoms with Gasteiger partial charge >= 0.3 is 0 Å². The van der Waals surface area contributed by atoms with Gasteiger partial charge in [-0.3, -0.25) is 20.4 Å². The maximum atomic E-state index is 12.7. The highest BCUT2D eigenvalue weighted by molar-refractivity contribution is 5.95. The number of benzene rings is 1. The second kappa shape index (κ2) is 6.74. The molecule has 4 nitrogen and oxygen atoms in total. The molecule has 0 spiro atoms. The zero-order valence-electron chi connectivity index (χ0n) is 10.5. The van der Waals surface area contributed by atoms with Gasteiger partial charge in [-0.1, -0.05) is 13.8 Å². The van der Waals surface area contributed by atoms with Gasteiger partial charge in [0.2, 0.25) is 5.91 Å². The fourth-order valence-electron chi connectivity index (χ4n) is 1.55. The Morgan fingerprint density at radius 3 is 2.17 bits per heavy atom. The molecule has 2 N–H and O–H groups in total. The Morgan fingerprint density at radius 1 is 1.11 bits per heavy atom. The van der Waals surface area contributed by atoms with E-state index in [0.717, 1.165) is 12.8 Å². The lowest BCUT2D eigenvalue weighted by Crippen LogP contribution is -2.44. The third-order valence-corrected chi connectivity index (χ3v) is 2.76. The average molecular weight is 252 g/mol. The SMILES string of the molecule is CCC(CC)C(=O)NNC(=O)c1ccc(F)cc1. The standard InChI is InChI=1S/C13H17FN2O2/c1-3-9(4-2)12(17)15-16-13(18)10-5-7-11(14)8-6-10/h5-9H,3-4H2,1-2H3,(H,15,17)(H,16,18). The van der Waals surface area contributed by atoms with E-state index in [1.54, 1.807) is 0 Å². The van der Waals surface area contributed by atoms with Crippen molar-refractivity contribution in [3.8, 4) is 0 Å². The number of nitrogens with one attached hydrogen (secondary N) is 2. The third kappa shape index (κ3) is 3.84. The van der Waals surface area contributed by atoms with E-state index < -0.39 is 11.7 Å². The van der Waals surface area contributed by atoms with Crippen molar-refractivity contribution in [3.63, 3.8) is 0 Å². The van der Waals surface area contributed by atoms with Gasteiger partial charge in [0.15, 0.2) is 0 Å². The number of hydrogen-bond acceptors (Lipinski definition) is 2. The Balaban J connectivity index is 2.51. The lowest BCUT2D eigenvalue weighted by Gasteiger charge is -2.13. The monoisotopic (exact) mass is 252 g/mol. The Hall–Kier alpha value is -1.91. The van der Waals surface area contributed by atoms with Crippen molar-refractivity contribution in [3.05, 3.63) is 35.6 Å². The van der Waals surface area contributed by atoms with Crippen molar-refractivity contribution >= 4 is 11.8 Å². The molecule has 0 aromatic heterocycles. The summed E-state index contributed by atoms with van der Waals surface area (Å²) in [5, 5.41) is 0. The Bertz CT molecular complexity index is 414. The van der Waals surface area contributed by atoms with Gasteiger partial charge in [0.05, 0.1) is 0 Å². The minimum absolute atomic E-state index is 0.112. The smallest absolute Gasteiger partial charge is 0.269 e. The van der Waals surface area contributed by atoms with Crippen LogP contribution in [0.4, 0.5) is 4.39 Å². The summed E-state index contributed by atoms with van der Waals surface area (Å²) in [5.41, 5.74) is 4.96. The maximum Gasteiger partial charge on any atom is 0.269 e. The summed E-state index contributed by atoms with van der Waals surface area (Å²) < 4.78 is 12.7. The molecule has 0 radical (unpaired) electrons. The Kier molecular flexibility index (Phi) is 5.30. The largest absolute Gasteiger partial charge is 0.273 e. The number of amides is 2. The number of rotatable bonds is 4. The van der Waals surface area contributed by atoms with E-state index in [0.29, 0.717) is 5.56 Å². The van der Waals surface area contributed by atoms with Gasteiger partial charge in [0, 0.05) is 11.5 Å². The first-order valence-electron chi connectivity index (χ1n) is 5.94. The molecule has 0 bridgehead atoms. The van der Waals surface area contributed by atoms with E-state index in [1.807, 2.05) is 13.8 Å². The number of carbonyl (C=O) groups is 2. The fraction of sp³-hybridized carbons (Fsp3) is 0.385. The molecular formula is C13H17FN2O2. The number of hydrazine groups is 1. The lowest BCUT2D eigenvalue weighted by molar-refractivity contribution is -0.125. The van der Waals surface area contributed by atoms with Crippen LogP contribution >= 0.6 is 0 Å². The minimum atomic E-state index is -0.464. The Morgan fingerprint density at radius 2 is 1.67 bits per heavy atom. The van der Waals surface area contributed by atoms with Gasteiger partial charge in [-0.25, -0.2) is 4.39 Å². The van der Waals surface area contributed by atoms with Gasteiger partial charge < -0.3 is 0 Å². The topological polar surface area (TPSA) is 58.2 Å². The number of carbonyl (C=O) groups excluding carboxylic acids is 2. The van der Waals surface area contributed by atoms with Crippen LogP contribution < -0.4 is 10.9 Å². The summed E-state index contributed by atoms with van der Waals surface area (Å²) in [6, 6.07) is 5.09. The van der Waals surface area contributed by atoms with E-state index >= 15 is 0 Å². The zero-order chi connectivity index (χ0) is 13.5. The normalized spacial score (nSPS) is 10.2. The molecular weight excluding hydrogens is 235 g/mol. The second-order valence-electron chi connectivity index (χ2n) is 3.96. The summed E-state index contributed by atoms with van der Waals surface area (Å²) >= 11 is 0. The molecule has 1 rings (SSSR count). The van der Waals surface area contributed by atoms with Gasteiger partial charge in [-0.2, -0.15) is 0 Å². The van der Waals surface area contributed by atoms with Crippen LogP contribution in [0.25, 0.3) is 0 Å². The van der Waals surface area contributed by atoms with Crippen molar-refractivity contribution in [1.82, 2.24) is 10.9 Å². The molecule has 98 valence electrons. The van der Waals surface area contributed by atoms with Crippen LogP contribution in [0.2, 0.25) is 0 Å². The number of halogens is 1. The van der Waals surface area contributed by atoms with E-state index in [2.05, 4.69) is 10.9 Å². The third-order valence-electron chi connectivity index (χ3n) is 2.76. The van der Waals surface area contributed by atoms with Crippen LogP contribution in [0, 0.1) is 11.7 Å². The molecule has 5 heteroatoms. The molecule has 0 aliphatic rings. The van der Waals surface area contributed by atoms with E-state index in [-0.39, 0.29) is 11.8 Å². The molecule has 0 fully saturated rings. The summed E-state index contributed by atoms with van der Waals surface area (Å²) in [5.74, 6) is -1.20. The first-order chi connectivity index (χ1) is 8.58. The quantitative estimate of drug-likeness (QED) is 0.805. The highest BCUT2D eigenvalue weighted by Gasteiger charge is 2.14. The van der Waals surface area contributed by atoms with Gasteiger partial charge in [0.25, 0.3) is 5.91 Å².